The molecule has 1 fully saturated rings. The molecule has 0 spiro atoms. The molecule has 0 aromatic heterocycles. The highest BCUT2D eigenvalue weighted by Crippen LogP contribution is 2.34. The number of rotatable bonds is 2. The molecule has 100 valence electrons. The van der Waals surface area contributed by atoms with E-state index in [2.05, 4.69) is 64.6 Å². The second kappa shape index (κ2) is 5.43. The quantitative estimate of drug-likeness (QED) is 0.895. The summed E-state index contributed by atoms with van der Waals surface area (Å²) in [6, 6.07) is 6.60. The van der Waals surface area contributed by atoms with Crippen LogP contribution in [0.1, 0.15) is 32.4 Å². The van der Waals surface area contributed by atoms with Crippen LogP contribution < -0.4 is 10.6 Å². The molecule has 1 aliphatic rings. The van der Waals surface area contributed by atoms with Crippen LogP contribution in [0.15, 0.2) is 22.7 Å². The lowest BCUT2D eigenvalue weighted by Gasteiger charge is -2.39. The number of benzene rings is 1. The Balaban J connectivity index is 2.21. The van der Waals surface area contributed by atoms with Crippen LogP contribution in [0.3, 0.4) is 0 Å². The van der Waals surface area contributed by atoms with Gasteiger partial charge in [-0.15, -0.1) is 0 Å². The lowest BCUT2D eigenvalue weighted by molar-refractivity contribution is 0.647. The van der Waals surface area contributed by atoms with Crippen LogP contribution in [0.2, 0.25) is 0 Å². The fourth-order valence-corrected chi connectivity index (χ4v) is 4.16. The summed E-state index contributed by atoms with van der Waals surface area (Å²) in [5.41, 5.74) is 8.40. The van der Waals surface area contributed by atoms with E-state index in [4.69, 9.17) is 5.73 Å². The van der Waals surface area contributed by atoms with Crippen molar-refractivity contribution in [1.29, 1.82) is 0 Å². The van der Waals surface area contributed by atoms with Gasteiger partial charge in [-0.05, 0) is 38.5 Å². The van der Waals surface area contributed by atoms with E-state index in [0.717, 1.165) is 17.6 Å². The molecule has 1 aromatic rings. The lowest BCUT2D eigenvalue weighted by Crippen LogP contribution is -2.43. The van der Waals surface area contributed by atoms with E-state index in [1.807, 2.05) is 6.92 Å². The summed E-state index contributed by atoms with van der Waals surface area (Å²) in [5, 5.41) is 0. The first kappa shape index (κ1) is 14.2. The molecule has 0 unspecified atom stereocenters. The molecule has 0 radical (unpaired) electrons. The van der Waals surface area contributed by atoms with Crippen molar-refractivity contribution in [2.75, 3.05) is 23.7 Å². The zero-order valence-electron chi connectivity index (χ0n) is 11.2. The second-order valence-electron chi connectivity index (χ2n) is 5.52. The number of hydrogen-bond acceptors (Lipinski definition) is 3. The van der Waals surface area contributed by atoms with Gasteiger partial charge in [0, 0.05) is 39.8 Å². The van der Waals surface area contributed by atoms with Crippen LogP contribution in [0.25, 0.3) is 0 Å². The second-order valence-corrected chi connectivity index (χ2v) is 8.18. The molecule has 2 nitrogen and oxygen atoms in total. The van der Waals surface area contributed by atoms with Crippen molar-refractivity contribution in [3.05, 3.63) is 28.2 Å². The molecule has 1 heterocycles. The van der Waals surface area contributed by atoms with Crippen molar-refractivity contribution in [3.63, 3.8) is 0 Å². The SMILES string of the molecule is C[C@@H](N)c1ccc(N2CCSC(C)(C)C2)cc1Br. The average molecular weight is 329 g/mol. The Kier molecular flexibility index (Phi) is 4.29. The van der Waals surface area contributed by atoms with Gasteiger partial charge >= 0.3 is 0 Å². The van der Waals surface area contributed by atoms with Crippen LogP contribution >= 0.6 is 27.7 Å². The highest BCUT2D eigenvalue weighted by Gasteiger charge is 2.27. The van der Waals surface area contributed by atoms with Crippen molar-refractivity contribution in [2.24, 2.45) is 5.73 Å². The Morgan fingerprint density at radius 3 is 2.72 bits per heavy atom. The number of halogens is 1. The van der Waals surface area contributed by atoms with Gasteiger partial charge in [0.25, 0.3) is 0 Å². The molecule has 1 atom stereocenters. The smallest absolute Gasteiger partial charge is 0.0378 e. The van der Waals surface area contributed by atoms with E-state index in [0.29, 0.717) is 4.75 Å². The van der Waals surface area contributed by atoms with Crippen molar-refractivity contribution in [3.8, 4) is 0 Å². The Labute approximate surface area is 122 Å². The minimum atomic E-state index is 0.0711. The number of nitrogens with zero attached hydrogens (tertiary/aromatic N) is 1. The molecule has 18 heavy (non-hydrogen) atoms. The maximum atomic E-state index is 5.94. The third-order valence-electron chi connectivity index (χ3n) is 3.27. The Morgan fingerprint density at radius 2 is 2.17 bits per heavy atom. The fourth-order valence-electron chi connectivity index (χ4n) is 2.32. The van der Waals surface area contributed by atoms with Crippen LogP contribution in [0.5, 0.6) is 0 Å². The molecular formula is C14H21BrN2S. The molecule has 1 aliphatic heterocycles. The normalized spacial score (nSPS) is 20.8. The summed E-state index contributed by atoms with van der Waals surface area (Å²) in [5.74, 6) is 1.19. The van der Waals surface area contributed by atoms with Gasteiger partial charge in [0.1, 0.15) is 0 Å². The Bertz CT molecular complexity index is 432. The van der Waals surface area contributed by atoms with Gasteiger partial charge in [-0.1, -0.05) is 22.0 Å². The van der Waals surface area contributed by atoms with E-state index < -0.39 is 0 Å². The molecule has 0 saturated carbocycles. The van der Waals surface area contributed by atoms with Gasteiger partial charge in [-0.2, -0.15) is 11.8 Å². The summed E-state index contributed by atoms with van der Waals surface area (Å²) < 4.78 is 1.45. The van der Waals surface area contributed by atoms with Crippen LogP contribution in [0.4, 0.5) is 5.69 Å². The molecule has 0 bridgehead atoms. The first-order valence-corrected chi connectivity index (χ1v) is 8.11. The van der Waals surface area contributed by atoms with Crippen molar-refractivity contribution in [2.45, 2.75) is 31.6 Å². The first-order valence-electron chi connectivity index (χ1n) is 6.33. The highest BCUT2D eigenvalue weighted by molar-refractivity contribution is 9.10. The van der Waals surface area contributed by atoms with Gasteiger partial charge in [0.15, 0.2) is 0 Å². The lowest BCUT2D eigenvalue weighted by atomic mass is 10.1. The highest BCUT2D eigenvalue weighted by atomic mass is 79.9. The standard InChI is InChI=1S/C14H21BrN2S/c1-10(16)12-5-4-11(8-13(12)15)17-6-7-18-14(2,3)9-17/h4-5,8,10H,6-7,9,16H2,1-3H3/t10-/m1/s1. The van der Waals surface area contributed by atoms with Gasteiger partial charge in [0.2, 0.25) is 0 Å². The van der Waals surface area contributed by atoms with E-state index in [-0.39, 0.29) is 6.04 Å². The molecule has 0 aliphatic carbocycles. The predicted octanol–water partition coefficient (Wildman–Crippen LogP) is 3.80. The number of nitrogens with two attached hydrogens (primary N) is 1. The van der Waals surface area contributed by atoms with Crippen LogP contribution in [-0.4, -0.2) is 23.6 Å². The zero-order chi connectivity index (χ0) is 13.3. The third kappa shape index (κ3) is 3.22. The topological polar surface area (TPSA) is 29.3 Å². The summed E-state index contributed by atoms with van der Waals surface area (Å²) in [4.78, 5) is 2.46. The first-order chi connectivity index (χ1) is 8.39. The van der Waals surface area contributed by atoms with Crippen molar-refractivity contribution >= 4 is 33.4 Å². The Morgan fingerprint density at radius 1 is 1.44 bits per heavy atom. The molecular weight excluding hydrogens is 308 g/mol. The molecule has 1 saturated heterocycles. The van der Waals surface area contributed by atoms with Crippen molar-refractivity contribution in [1.82, 2.24) is 0 Å². The largest absolute Gasteiger partial charge is 0.369 e. The van der Waals surface area contributed by atoms with E-state index in [1.54, 1.807) is 0 Å². The van der Waals surface area contributed by atoms with E-state index in [9.17, 15) is 0 Å². The third-order valence-corrected chi connectivity index (χ3v) is 5.25. The summed E-state index contributed by atoms with van der Waals surface area (Å²) in [6.07, 6.45) is 0. The fraction of sp³-hybridized carbons (Fsp3) is 0.571. The van der Waals surface area contributed by atoms with Crippen LogP contribution in [0, 0.1) is 0 Å². The van der Waals surface area contributed by atoms with E-state index >= 15 is 0 Å². The van der Waals surface area contributed by atoms with Gasteiger partial charge < -0.3 is 10.6 Å². The number of anilines is 1. The zero-order valence-corrected chi connectivity index (χ0v) is 13.6. The minimum Gasteiger partial charge on any atom is -0.369 e. The Hall–Kier alpha value is -0.190. The van der Waals surface area contributed by atoms with Crippen molar-refractivity contribution < 1.29 is 0 Å². The summed E-state index contributed by atoms with van der Waals surface area (Å²) >= 11 is 5.69. The maximum Gasteiger partial charge on any atom is 0.0378 e. The number of hydrogen-bond donors (Lipinski definition) is 1. The molecule has 1 aromatic carbocycles. The predicted molar refractivity (Wildman–Crippen MR) is 85.5 cm³/mol. The molecule has 2 rings (SSSR count). The summed E-state index contributed by atoms with van der Waals surface area (Å²) in [7, 11) is 0. The molecule has 2 N–H and O–H groups in total. The van der Waals surface area contributed by atoms with Gasteiger partial charge in [0.05, 0.1) is 0 Å². The summed E-state index contributed by atoms with van der Waals surface area (Å²) in [6.45, 7) is 8.87. The van der Waals surface area contributed by atoms with Gasteiger partial charge in [-0.25, -0.2) is 0 Å². The minimum absolute atomic E-state index is 0.0711. The number of thioether (sulfide) groups is 1. The van der Waals surface area contributed by atoms with Gasteiger partial charge in [-0.3, -0.25) is 0 Å². The monoisotopic (exact) mass is 328 g/mol. The maximum absolute atomic E-state index is 5.94. The average Bonchev–Trinajstić information content (AvgIpc) is 2.27. The van der Waals surface area contributed by atoms with E-state index in [1.165, 1.54) is 17.0 Å². The van der Waals surface area contributed by atoms with Crippen LogP contribution in [-0.2, 0) is 0 Å². The molecule has 4 heteroatoms. The molecule has 0 amide bonds.